The van der Waals surface area contributed by atoms with Gasteiger partial charge in [0.05, 0.1) is 22.2 Å². The number of halogens is 1. The Morgan fingerprint density at radius 2 is 1.81 bits per heavy atom. The molecule has 0 unspecified atom stereocenters. The van der Waals surface area contributed by atoms with Crippen molar-refractivity contribution in [3.63, 3.8) is 0 Å². The van der Waals surface area contributed by atoms with E-state index in [-0.39, 0.29) is 16.1 Å². The lowest BCUT2D eigenvalue weighted by atomic mass is 10.0. The highest BCUT2D eigenvalue weighted by Crippen LogP contribution is 2.41. The van der Waals surface area contributed by atoms with Gasteiger partial charge in [0.2, 0.25) is 15.6 Å². The van der Waals surface area contributed by atoms with Crippen molar-refractivity contribution in [1.29, 1.82) is 5.26 Å². The fourth-order valence-electron chi connectivity index (χ4n) is 3.60. The topological polar surface area (TPSA) is 78.2 Å². The van der Waals surface area contributed by atoms with E-state index in [1.807, 2.05) is 13.0 Å². The van der Waals surface area contributed by atoms with Gasteiger partial charge in [0.25, 0.3) is 0 Å². The van der Waals surface area contributed by atoms with Crippen LogP contribution < -0.4 is 4.90 Å². The Hall–Kier alpha value is -3.76. The normalized spacial score (nSPS) is 14.4. The summed E-state index contributed by atoms with van der Waals surface area (Å²) in [5, 5.41) is 9.23. The van der Waals surface area contributed by atoms with Crippen molar-refractivity contribution >= 4 is 27.0 Å². The lowest BCUT2D eigenvalue weighted by molar-refractivity contribution is 0.104. The van der Waals surface area contributed by atoms with E-state index < -0.39 is 26.3 Å². The van der Waals surface area contributed by atoms with Gasteiger partial charge in [0.1, 0.15) is 10.7 Å². The summed E-state index contributed by atoms with van der Waals surface area (Å²) in [6.07, 6.45) is 1.20. The number of rotatable bonds is 3. The molecule has 0 fully saturated rings. The first-order valence-corrected chi connectivity index (χ1v) is 10.9. The van der Waals surface area contributed by atoms with Gasteiger partial charge in [-0.2, -0.15) is 5.26 Å². The number of aryl methyl sites for hydroxylation is 2. The van der Waals surface area contributed by atoms with Gasteiger partial charge >= 0.3 is 0 Å². The average molecular weight is 432 g/mol. The second-order valence-electron chi connectivity index (χ2n) is 7.29. The monoisotopic (exact) mass is 432 g/mol. The Balaban J connectivity index is 1.96. The van der Waals surface area contributed by atoms with Crippen molar-refractivity contribution in [2.24, 2.45) is 0 Å². The zero-order chi connectivity index (χ0) is 22.3. The molecule has 0 saturated carbocycles. The minimum Gasteiger partial charge on any atom is -0.314 e. The maximum atomic E-state index is 14.0. The summed E-state index contributed by atoms with van der Waals surface area (Å²) < 4.78 is 40.7. The number of anilines is 2. The van der Waals surface area contributed by atoms with Gasteiger partial charge < -0.3 is 4.90 Å². The second-order valence-corrected chi connectivity index (χ2v) is 9.17. The van der Waals surface area contributed by atoms with Gasteiger partial charge in [-0.1, -0.05) is 29.8 Å². The van der Waals surface area contributed by atoms with Crippen molar-refractivity contribution < 1.29 is 17.6 Å². The standard InChI is InChI=1S/C24H17FN2O3S/c1-15-6-8-20(16(2)10-15)24(28)23-14-27(19-5-3-4-17(11-19)13-26)21-12-18(25)7-9-22(21)31(23,29)30/h3-12,14H,1-2H3. The van der Waals surface area contributed by atoms with E-state index in [1.54, 1.807) is 49.4 Å². The number of ketones is 1. The molecular formula is C24H17FN2O3S. The molecule has 1 heterocycles. The summed E-state index contributed by atoms with van der Waals surface area (Å²) in [5.74, 6) is -1.26. The number of Topliss-reactive ketones (excluding diaryl/α,β-unsaturated/α-hetero) is 1. The van der Waals surface area contributed by atoms with Crippen LogP contribution in [0.2, 0.25) is 0 Å². The quantitative estimate of drug-likeness (QED) is 0.432. The molecule has 7 heteroatoms. The summed E-state index contributed by atoms with van der Waals surface area (Å²) in [5.41, 5.74) is 2.74. The van der Waals surface area contributed by atoms with Crippen LogP contribution in [0.25, 0.3) is 0 Å². The molecule has 1 aliphatic rings. The van der Waals surface area contributed by atoms with Crippen LogP contribution in [0.15, 0.2) is 76.7 Å². The molecule has 0 spiro atoms. The number of hydrogen-bond acceptors (Lipinski definition) is 5. The van der Waals surface area contributed by atoms with E-state index in [4.69, 9.17) is 0 Å². The van der Waals surface area contributed by atoms with Crippen molar-refractivity contribution in [3.8, 4) is 6.07 Å². The van der Waals surface area contributed by atoms with Crippen molar-refractivity contribution in [1.82, 2.24) is 0 Å². The summed E-state index contributed by atoms with van der Waals surface area (Å²) in [4.78, 5) is 14.2. The molecule has 1 aliphatic heterocycles. The lowest BCUT2D eigenvalue weighted by Crippen LogP contribution is -2.26. The molecule has 0 radical (unpaired) electrons. The highest BCUT2D eigenvalue weighted by atomic mass is 32.2. The fraction of sp³-hybridized carbons (Fsp3) is 0.0833. The Morgan fingerprint density at radius 3 is 2.52 bits per heavy atom. The third-order valence-electron chi connectivity index (χ3n) is 5.11. The van der Waals surface area contributed by atoms with Gasteiger partial charge in [0.15, 0.2) is 0 Å². The van der Waals surface area contributed by atoms with Crippen molar-refractivity contribution in [2.75, 3.05) is 4.90 Å². The molecule has 3 aromatic carbocycles. The smallest absolute Gasteiger partial charge is 0.214 e. The van der Waals surface area contributed by atoms with E-state index in [0.29, 0.717) is 16.8 Å². The Bertz CT molecular complexity index is 1420. The number of nitriles is 1. The van der Waals surface area contributed by atoms with Crippen LogP contribution in [0.1, 0.15) is 27.0 Å². The predicted molar refractivity (Wildman–Crippen MR) is 115 cm³/mol. The Labute approximate surface area is 179 Å². The van der Waals surface area contributed by atoms with Crippen LogP contribution in [0, 0.1) is 31.0 Å². The second kappa shape index (κ2) is 7.49. The predicted octanol–water partition coefficient (Wildman–Crippen LogP) is 4.96. The van der Waals surface area contributed by atoms with Crippen LogP contribution in [0.5, 0.6) is 0 Å². The molecular weight excluding hydrogens is 415 g/mol. The molecule has 0 saturated heterocycles. The zero-order valence-corrected chi connectivity index (χ0v) is 17.6. The molecule has 0 atom stereocenters. The van der Waals surface area contributed by atoms with Gasteiger partial charge in [-0.15, -0.1) is 0 Å². The molecule has 3 aromatic rings. The van der Waals surface area contributed by atoms with Gasteiger partial charge in [-0.3, -0.25) is 4.79 Å². The Kier molecular flexibility index (Phi) is 4.96. The van der Waals surface area contributed by atoms with E-state index >= 15 is 0 Å². The van der Waals surface area contributed by atoms with E-state index in [0.717, 1.165) is 23.8 Å². The molecule has 154 valence electrons. The first kappa shape index (κ1) is 20.5. The molecule has 0 bridgehead atoms. The molecule has 31 heavy (non-hydrogen) atoms. The number of benzene rings is 3. The molecule has 4 rings (SSSR count). The molecule has 5 nitrogen and oxygen atoms in total. The lowest BCUT2D eigenvalue weighted by Gasteiger charge is -2.29. The third-order valence-corrected chi connectivity index (χ3v) is 6.90. The fourth-order valence-corrected chi connectivity index (χ4v) is 5.12. The summed E-state index contributed by atoms with van der Waals surface area (Å²) in [6, 6.07) is 16.9. The zero-order valence-electron chi connectivity index (χ0n) is 16.8. The average Bonchev–Trinajstić information content (AvgIpc) is 2.73. The van der Waals surface area contributed by atoms with E-state index in [9.17, 15) is 22.9 Å². The first-order chi connectivity index (χ1) is 14.7. The molecule has 0 aromatic heterocycles. The number of allylic oxidation sites excluding steroid dienone is 1. The van der Waals surface area contributed by atoms with E-state index in [1.165, 1.54) is 11.1 Å². The van der Waals surface area contributed by atoms with Crippen molar-refractivity contribution in [2.45, 2.75) is 18.7 Å². The summed E-state index contributed by atoms with van der Waals surface area (Å²) >= 11 is 0. The highest BCUT2D eigenvalue weighted by Gasteiger charge is 2.36. The largest absolute Gasteiger partial charge is 0.314 e. The molecule has 0 aliphatic carbocycles. The number of hydrogen-bond donors (Lipinski definition) is 0. The summed E-state index contributed by atoms with van der Waals surface area (Å²) in [7, 11) is -4.19. The van der Waals surface area contributed by atoms with Crippen LogP contribution >= 0.6 is 0 Å². The minimum absolute atomic E-state index is 0.0762. The number of carbonyl (C=O) groups is 1. The number of nitrogens with zero attached hydrogens (tertiary/aromatic N) is 2. The maximum Gasteiger partial charge on any atom is 0.214 e. The van der Waals surface area contributed by atoms with Crippen LogP contribution in [-0.4, -0.2) is 14.2 Å². The maximum absolute atomic E-state index is 14.0. The SMILES string of the molecule is Cc1ccc(C(=O)C2=CN(c3cccc(C#N)c3)c3cc(F)ccc3S2(=O)=O)c(C)c1. The first-order valence-electron chi connectivity index (χ1n) is 9.40. The number of fused-ring (bicyclic) bond motifs is 1. The highest BCUT2D eigenvalue weighted by molar-refractivity contribution is 7.96. The number of sulfone groups is 1. The van der Waals surface area contributed by atoms with Crippen LogP contribution in [-0.2, 0) is 9.84 Å². The van der Waals surface area contributed by atoms with E-state index in [2.05, 4.69) is 0 Å². The van der Waals surface area contributed by atoms with Gasteiger partial charge in [-0.05, 0) is 55.8 Å². The van der Waals surface area contributed by atoms with Crippen LogP contribution in [0.3, 0.4) is 0 Å². The number of carbonyl (C=O) groups excluding carboxylic acids is 1. The third kappa shape index (κ3) is 3.51. The molecule has 0 N–H and O–H groups in total. The van der Waals surface area contributed by atoms with Gasteiger partial charge in [0, 0.05) is 17.5 Å². The molecule has 0 amide bonds. The van der Waals surface area contributed by atoms with Crippen molar-refractivity contribution in [3.05, 3.63) is 99.8 Å². The van der Waals surface area contributed by atoms with Gasteiger partial charge in [-0.25, -0.2) is 12.8 Å². The Morgan fingerprint density at radius 1 is 1.03 bits per heavy atom. The van der Waals surface area contributed by atoms with Crippen LogP contribution in [0.4, 0.5) is 15.8 Å². The minimum atomic E-state index is -4.19. The summed E-state index contributed by atoms with van der Waals surface area (Å²) in [6.45, 7) is 3.63.